The molecule has 0 unspecified atom stereocenters. The van der Waals surface area contributed by atoms with Crippen LogP contribution in [-0.4, -0.2) is 44.0 Å². The van der Waals surface area contributed by atoms with Crippen LogP contribution in [0.2, 0.25) is 0 Å². The van der Waals surface area contributed by atoms with E-state index in [0.29, 0.717) is 13.0 Å². The molecule has 0 saturated carbocycles. The van der Waals surface area contributed by atoms with Crippen molar-refractivity contribution < 1.29 is 13.2 Å². The Balaban J connectivity index is 1.90. The van der Waals surface area contributed by atoms with Crippen molar-refractivity contribution in [2.24, 2.45) is 0 Å². The number of nitrogens with zero attached hydrogens (tertiary/aromatic N) is 2. The van der Waals surface area contributed by atoms with Gasteiger partial charge in [0.15, 0.2) is 0 Å². The van der Waals surface area contributed by atoms with Gasteiger partial charge in [-0.15, -0.1) is 0 Å². The van der Waals surface area contributed by atoms with Crippen molar-refractivity contribution >= 4 is 21.6 Å². The van der Waals surface area contributed by atoms with Crippen LogP contribution < -0.4 is 4.90 Å². The molecule has 2 aromatic carbocycles. The van der Waals surface area contributed by atoms with Gasteiger partial charge in [0.2, 0.25) is 15.9 Å². The Kier molecular flexibility index (Phi) is 4.92. The van der Waals surface area contributed by atoms with E-state index in [1.807, 2.05) is 61.5 Å². The Morgan fingerprint density at radius 2 is 1.68 bits per heavy atom. The number of rotatable bonds is 4. The second-order valence-corrected chi connectivity index (χ2v) is 8.43. The third-order valence-electron chi connectivity index (χ3n) is 4.48. The minimum atomic E-state index is -3.45. The molecule has 0 N–H and O–H groups in total. The molecule has 25 heavy (non-hydrogen) atoms. The van der Waals surface area contributed by atoms with E-state index in [1.54, 1.807) is 4.90 Å². The quantitative estimate of drug-likeness (QED) is 0.842. The van der Waals surface area contributed by atoms with E-state index in [2.05, 4.69) is 0 Å². The fraction of sp³-hybridized carbons (Fsp3) is 0.316. The summed E-state index contributed by atoms with van der Waals surface area (Å²) in [6.45, 7) is 2.22. The fourth-order valence-corrected chi connectivity index (χ4v) is 4.19. The van der Waals surface area contributed by atoms with E-state index in [0.717, 1.165) is 16.8 Å². The highest BCUT2D eigenvalue weighted by molar-refractivity contribution is 7.88. The highest BCUT2D eigenvalue weighted by Crippen LogP contribution is 2.24. The van der Waals surface area contributed by atoms with Crippen LogP contribution in [0.3, 0.4) is 0 Å². The molecule has 1 saturated heterocycles. The van der Waals surface area contributed by atoms with Crippen LogP contribution >= 0.6 is 0 Å². The average Bonchev–Trinajstić information content (AvgIpc) is 2.57. The third-order valence-corrected chi connectivity index (χ3v) is 5.76. The van der Waals surface area contributed by atoms with Gasteiger partial charge in [-0.25, -0.2) is 8.42 Å². The van der Waals surface area contributed by atoms with E-state index in [1.165, 1.54) is 10.6 Å². The van der Waals surface area contributed by atoms with Gasteiger partial charge in [0.05, 0.1) is 12.8 Å². The van der Waals surface area contributed by atoms with E-state index in [4.69, 9.17) is 0 Å². The predicted molar refractivity (Wildman–Crippen MR) is 99.0 cm³/mol. The topological polar surface area (TPSA) is 57.7 Å². The Morgan fingerprint density at radius 1 is 1.04 bits per heavy atom. The molecule has 3 rings (SSSR count). The van der Waals surface area contributed by atoms with Gasteiger partial charge >= 0.3 is 0 Å². The number of carbonyl (C=O) groups is 1. The fourth-order valence-electron chi connectivity index (χ4n) is 3.17. The molecule has 1 aliphatic heterocycles. The van der Waals surface area contributed by atoms with Gasteiger partial charge in [-0.3, -0.25) is 4.79 Å². The molecule has 6 heteroatoms. The van der Waals surface area contributed by atoms with Gasteiger partial charge in [-0.05, 0) is 31.0 Å². The number of carbonyl (C=O) groups excluding carboxylic acids is 1. The van der Waals surface area contributed by atoms with E-state index in [9.17, 15) is 13.2 Å². The zero-order chi connectivity index (χ0) is 18.0. The zero-order valence-electron chi connectivity index (χ0n) is 14.4. The predicted octanol–water partition coefficient (Wildman–Crippen LogP) is 2.21. The molecule has 1 aliphatic rings. The molecule has 0 spiro atoms. The van der Waals surface area contributed by atoms with Crippen LogP contribution in [0.4, 0.5) is 5.69 Å². The maximum atomic E-state index is 12.6. The van der Waals surface area contributed by atoms with Gasteiger partial charge in [0.25, 0.3) is 0 Å². The van der Waals surface area contributed by atoms with Crippen LogP contribution in [-0.2, 0) is 21.2 Å². The number of hydrogen-bond acceptors (Lipinski definition) is 3. The van der Waals surface area contributed by atoms with Crippen LogP contribution in [0.5, 0.6) is 0 Å². The Morgan fingerprint density at radius 3 is 2.28 bits per heavy atom. The molecule has 1 amide bonds. The SMILES string of the molecule is Cc1ccc(N2C[C@H](Cc3ccccc3)N(S(C)(=O)=O)CC2=O)cc1. The van der Waals surface area contributed by atoms with Crippen molar-refractivity contribution in [1.29, 1.82) is 0 Å². The van der Waals surface area contributed by atoms with Crippen molar-refractivity contribution in [3.63, 3.8) is 0 Å². The minimum absolute atomic E-state index is 0.121. The van der Waals surface area contributed by atoms with Crippen LogP contribution in [0, 0.1) is 6.92 Å². The molecular weight excluding hydrogens is 336 g/mol. The van der Waals surface area contributed by atoms with Crippen molar-refractivity contribution in [3.8, 4) is 0 Å². The number of anilines is 1. The van der Waals surface area contributed by atoms with Crippen molar-refractivity contribution in [1.82, 2.24) is 4.31 Å². The normalized spacial score (nSPS) is 19.2. The first kappa shape index (κ1) is 17.6. The van der Waals surface area contributed by atoms with E-state index < -0.39 is 10.0 Å². The lowest BCUT2D eigenvalue weighted by molar-refractivity contribution is -0.120. The zero-order valence-corrected chi connectivity index (χ0v) is 15.2. The second-order valence-electron chi connectivity index (χ2n) is 6.49. The van der Waals surface area contributed by atoms with Gasteiger partial charge in [0.1, 0.15) is 0 Å². The van der Waals surface area contributed by atoms with Crippen LogP contribution in [0.1, 0.15) is 11.1 Å². The number of aryl methyl sites for hydroxylation is 1. The Bertz CT molecular complexity index is 848. The van der Waals surface area contributed by atoms with E-state index in [-0.39, 0.29) is 18.5 Å². The molecule has 0 aromatic heterocycles. The first-order valence-corrected chi connectivity index (χ1v) is 10.1. The first-order valence-electron chi connectivity index (χ1n) is 8.22. The summed E-state index contributed by atoms with van der Waals surface area (Å²) in [5.41, 5.74) is 2.98. The monoisotopic (exact) mass is 358 g/mol. The molecule has 0 aliphatic carbocycles. The maximum absolute atomic E-state index is 12.6. The van der Waals surface area contributed by atoms with Crippen molar-refractivity contribution in [2.45, 2.75) is 19.4 Å². The van der Waals surface area contributed by atoms with Crippen LogP contribution in [0.25, 0.3) is 0 Å². The Labute approximate surface area is 148 Å². The van der Waals surface area contributed by atoms with Crippen molar-refractivity contribution in [2.75, 3.05) is 24.2 Å². The van der Waals surface area contributed by atoms with Gasteiger partial charge in [0, 0.05) is 18.3 Å². The summed E-state index contributed by atoms with van der Waals surface area (Å²) in [5.74, 6) is -0.196. The lowest BCUT2D eigenvalue weighted by Gasteiger charge is -2.39. The summed E-state index contributed by atoms with van der Waals surface area (Å²) in [6, 6.07) is 17.2. The third kappa shape index (κ3) is 4.08. The molecular formula is C19H22N2O3S. The minimum Gasteiger partial charge on any atom is -0.310 e. The molecule has 1 heterocycles. The number of piperazine rings is 1. The summed E-state index contributed by atoms with van der Waals surface area (Å²) in [4.78, 5) is 14.2. The summed E-state index contributed by atoms with van der Waals surface area (Å²) < 4.78 is 25.7. The number of hydrogen-bond donors (Lipinski definition) is 0. The molecule has 1 atom stereocenters. The van der Waals surface area contributed by atoms with Gasteiger partial charge < -0.3 is 4.90 Å². The molecule has 1 fully saturated rings. The summed E-state index contributed by atoms with van der Waals surface area (Å²) in [5, 5.41) is 0. The highest BCUT2D eigenvalue weighted by Gasteiger charge is 2.37. The van der Waals surface area contributed by atoms with Crippen LogP contribution in [0.15, 0.2) is 54.6 Å². The highest BCUT2D eigenvalue weighted by atomic mass is 32.2. The number of amides is 1. The van der Waals surface area contributed by atoms with E-state index >= 15 is 0 Å². The smallest absolute Gasteiger partial charge is 0.242 e. The molecule has 0 bridgehead atoms. The largest absolute Gasteiger partial charge is 0.310 e. The molecule has 0 radical (unpaired) electrons. The standard InChI is InChI=1S/C19H22N2O3S/c1-15-8-10-17(11-9-15)20-13-18(12-16-6-4-3-5-7-16)21(14-19(20)22)25(2,23)24/h3-11,18H,12-14H2,1-2H3/t18-/m0/s1. The lowest BCUT2D eigenvalue weighted by atomic mass is 10.0. The van der Waals surface area contributed by atoms with Gasteiger partial charge in [-0.1, -0.05) is 48.0 Å². The Hall–Kier alpha value is -2.18. The number of sulfonamides is 1. The molecule has 2 aromatic rings. The summed E-state index contributed by atoms with van der Waals surface area (Å²) in [6.07, 6.45) is 1.74. The summed E-state index contributed by atoms with van der Waals surface area (Å²) >= 11 is 0. The molecule has 132 valence electrons. The average molecular weight is 358 g/mol. The summed E-state index contributed by atoms with van der Waals surface area (Å²) in [7, 11) is -3.45. The second kappa shape index (κ2) is 6.98. The van der Waals surface area contributed by atoms with Gasteiger partial charge in [-0.2, -0.15) is 4.31 Å². The first-order chi connectivity index (χ1) is 11.8. The number of benzene rings is 2. The lowest BCUT2D eigenvalue weighted by Crippen LogP contribution is -2.58. The van der Waals surface area contributed by atoms with Crippen molar-refractivity contribution in [3.05, 3.63) is 65.7 Å². The molecule has 5 nitrogen and oxygen atoms in total. The maximum Gasteiger partial charge on any atom is 0.242 e.